The highest BCUT2D eigenvalue weighted by Gasteiger charge is 2.23. The second kappa shape index (κ2) is 6.01. The number of hydrogen-bond donors (Lipinski definition) is 1. The van der Waals surface area contributed by atoms with Crippen molar-refractivity contribution in [2.24, 2.45) is 5.73 Å². The smallest absolute Gasteiger partial charge is 0.305 e. The van der Waals surface area contributed by atoms with Crippen molar-refractivity contribution in [3.63, 3.8) is 0 Å². The molecule has 0 bridgehead atoms. The van der Waals surface area contributed by atoms with Crippen molar-refractivity contribution in [3.05, 3.63) is 35.4 Å². The summed E-state index contributed by atoms with van der Waals surface area (Å²) in [5, 5.41) is 0. The molecule has 2 N–H and O–H groups in total. The van der Waals surface area contributed by atoms with E-state index in [0.717, 1.165) is 12.3 Å². The summed E-state index contributed by atoms with van der Waals surface area (Å²) in [6.07, 6.45) is 4.55. The maximum Gasteiger partial charge on any atom is 0.305 e. The summed E-state index contributed by atoms with van der Waals surface area (Å²) in [5.74, 6) is 0.591. The van der Waals surface area contributed by atoms with Crippen LogP contribution in [0, 0.1) is 0 Å². The molecule has 0 spiro atoms. The van der Waals surface area contributed by atoms with Crippen LogP contribution in [-0.4, -0.2) is 19.1 Å². The molecular weight excluding hydrogens is 226 g/mol. The Morgan fingerprint density at radius 2 is 2.28 bits per heavy atom. The third kappa shape index (κ3) is 3.84. The Balaban J connectivity index is 1.84. The number of rotatable bonds is 6. The first-order valence-corrected chi connectivity index (χ1v) is 6.60. The number of nitrogens with two attached hydrogens (primary N) is 1. The highest BCUT2D eigenvalue weighted by Crippen LogP contribution is 2.40. The van der Waals surface area contributed by atoms with Gasteiger partial charge < -0.3 is 10.5 Å². The molecule has 98 valence electrons. The maximum absolute atomic E-state index is 11.0. The van der Waals surface area contributed by atoms with E-state index in [1.54, 1.807) is 0 Å². The average molecular weight is 247 g/mol. The van der Waals surface area contributed by atoms with Gasteiger partial charge in [-0.2, -0.15) is 0 Å². The topological polar surface area (TPSA) is 52.3 Å². The fourth-order valence-corrected chi connectivity index (χ4v) is 2.20. The Labute approximate surface area is 108 Å². The Hall–Kier alpha value is -1.35. The van der Waals surface area contributed by atoms with Crippen LogP contribution < -0.4 is 5.73 Å². The molecular formula is C15H21NO2. The lowest BCUT2D eigenvalue weighted by atomic mass is 9.99. The van der Waals surface area contributed by atoms with E-state index in [2.05, 4.69) is 29.0 Å². The number of carbonyl (C=O) groups excluding carboxylic acids is 1. The van der Waals surface area contributed by atoms with Crippen LogP contribution in [0.1, 0.15) is 42.7 Å². The fourth-order valence-electron chi connectivity index (χ4n) is 2.20. The molecule has 1 aromatic rings. The third-order valence-corrected chi connectivity index (χ3v) is 3.44. The molecule has 0 radical (unpaired) electrons. The van der Waals surface area contributed by atoms with Gasteiger partial charge in [-0.3, -0.25) is 4.79 Å². The first kappa shape index (κ1) is 13.1. The van der Waals surface area contributed by atoms with Gasteiger partial charge in [0.15, 0.2) is 0 Å². The van der Waals surface area contributed by atoms with Crippen LogP contribution in [0.25, 0.3) is 0 Å². The van der Waals surface area contributed by atoms with Crippen LogP contribution in [0.3, 0.4) is 0 Å². The van der Waals surface area contributed by atoms with Gasteiger partial charge in [0, 0.05) is 12.5 Å². The van der Waals surface area contributed by atoms with E-state index in [1.807, 2.05) is 0 Å². The van der Waals surface area contributed by atoms with Gasteiger partial charge >= 0.3 is 5.97 Å². The number of benzene rings is 1. The predicted octanol–water partition coefficient (Wildman–Crippen LogP) is 2.39. The van der Waals surface area contributed by atoms with E-state index in [9.17, 15) is 4.79 Å². The van der Waals surface area contributed by atoms with Crippen molar-refractivity contribution in [1.29, 1.82) is 0 Å². The monoisotopic (exact) mass is 247 g/mol. The molecule has 1 aliphatic rings. The minimum Gasteiger partial charge on any atom is -0.469 e. The van der Waals surface area contributed by atoms with Crippen molar-refractivity contribution in [3.8, 4) is 0 Å². The number of carbonyl (C=O) groups is 1. The fraction of sp³-hybridized carbons (Fsp3) is 0.533. The lowest BCUT2D eigenvalue weighted by molar-refractivity contribution is -0.140. The van der Waals surface area contributed by atoms with Crippen molar-refractivity contribution in [2.45, 2.75) is 44.1 Å². The van der Waals surface area contributed by atoms with Gasteiger partial charge in [0.1, 0.15) is 0 Å². The minimum atomic E-state index is -0.183. The highest BCUT2D eigenvalue weighted by atomic mass is 16.5. The quantitative estimate of drug-likeness (QED) is 0.785. The van der Waals surface area contributed by atoms with Gasteiger partial charge in [-0.1, -0.05) is 24.3 Å². The van der Waals surface area contributed by atoms with E-state index in [0.29, 0.717) is 12.8 Å². The highest BCUT2D eigenvalue weighted by molar-refractivity contribution is 5.69. The Kier molecular flexibility index (Phi) is 4.37. The molecule has 0 aliphatic heterocycles. The molecule has 3 heteroatoms. The SMILES string of the molecule is COC(=O)CCC(N)Cc1cccc(C2CC2)c1. The average Bonchev–Trinajstić information content (AvgIpc) is 3.20. The van der Waals surface area contributed by atoms with Gasteiger partial charge in [0.2, 0.25) is 0 Å². The summed E-state index contributed by atoms with van der Waals surface area (Å²) in [6, 6.07) is 8.70. The van der Waals surface area contributed by atoms with Crippen LogP contribution >= 0.6 is 0 Å². The molecule has 18 heavy (non-hydrogen) atoms. The van der Waals surface area contributed by atoms with Gasteiger partial charge in [-0.25, -0.2) is 0 Å². The van der Waals surface area contributed by atoms with Crippen molar-refractivity contribution in [1.82, 2.24) is 0 Å². The van der Waals surface area contributed by atoms with Crippen molar-refractivity contribution < 1.29 is 9.53 Å². The van der Waals surface area contributed by atoms with Gasteiger partial charge in [0.05, 0.1) is 7.11 Å². The first-order valence-electron chi connectivity index (χ1n) is 6.60. The van der Waals surface area contributed by atoms with Crippen LogP contribution in [0.15, 0.2) is 24.3 Å². The van der Waals surface area contributed by atoms with Gasteiger partial charge in [0.25, 0.3) is 0 Å². The minimum absolute atomic E-state index is 0.0264. The van der Waals surface area contributed by atoms with E-state index >= 15 is 0 Å². The zero-order chi connectivity index (χ0) is 13.0. The molecule has 0 amide bonds. The van der Waals surface area contributed by atoms with Crippen molar-refractivity contribution in [2.75, 3.05) is 7.11 Å². The Morgan fingerprint density at radius 1 is 1.50 bits per heavy atom. The van der Waals surface area contributed by atoms with E-state index in [1.165, 1.54) is 31.1 Å². The molecule has 1 fully saturated rings. The summed E-state index contributed by atoms with van der Waals surface area (Å²) in [4.78, 5) is 11.0. The molecule has 1 atom stereocenters. The first-order chi connectivity index (χ1) is 8.69. The van der Waals surface area contributed by atoms with Crippen molar-refractivity contribution >= 4 is 5.97 Å². The van der Waals surface area contributed by atoms with Gasteiger partial charge in [-0.05, 0) is 42.7 Å². The van der Waals surface area contributed by atoms with Crippen LogP contribution in [-0.2, 0) is 16.0 Å². The van der Waals surface area contributed by atoms with E-state index in [-0.39, 0.29) is 12.0 Å². The number of hydrogen-bond acceptors (Lipinski definition) is 3. The summed E-state index contributed by atoms with van der Waals surface area (Å²) < 4.78 is 4.62. The molecule has 0 aromatic heterocycles. The van der Waals surface area contributed by atoms with E-state index in [4.69, 9.17) is 5.73 Å². The Morgan fingerprint density at radius 3 is 2.94 bits per heavy atom. The van der Waals surface area contributed by atoms with Gasteiger partial charge in [-0.15, -0.1) is 0 Å². The van der Waals surface area contributed by atoms with Crippen LogP contribution in [0.5, 0.6) is 0 Å². The lowest BCUT2D eigenvalue weighted by Crippen LogP contribution is -2.24. The summed E-state index contributed by atoms with van der Waals surface area (Å²) >= 11 is 0. The summed E-state index contributed by atoms with van der Waals surface area (Å²) in [5.41, 5.74) is 8.76. The number of ether oxygens (including phenoxy) is 1. The molecule has 1 aromatic carbocycles. The molecule has 1 unspecified atom stereocenters. The Bertz CT molecular complexity index is 413. The molecule has 1 saturated carbocycles. The van der Waals surface area contributed by atoms with Crippen LogP contribution in [0.4, 0.5) is 0 Å². The largest absolute Gasteiger partial charge is 0.469 e. The summed E-state index contributed by atoms with van der Waals surface area (Å²) in [7, 11) is 1.41. The maximum atomic E-state index is 11.0. The van der Waals surface area contributed by atoms with E-state index < -0.39 is 0 Å². The number of methoxy groups -OCH3 is 1. The zero-order valence-electron chi connectivity index (χ0n) is 10.9. The second-order valence-corrected chi connectivity index (χ2v) is 5.10. The predicted molar refractivity (Wildman–Crippen MR) is 71.3 cm³/mol. The molecule has 2 rings (SSSR count). The molecule has 0 saturated heterocycles. The molecule has 0 heterocycles. The normalized spacial score (nSPS) is 16.3. The number of esters is 1. The molecule has 1 aliphatic carbocycles. The third-order valence-electron chi connectivity index (χ3n) is 3.44. The lowest BCUT2D eigenvalue weighted by Gasteiger charge is -2.11. The standard InChI is InChI=1S/C15H21NO2/c1-18-15(17)8-7-14(16)10-11-3-2-4-13(9-11)12-5-6-12/h2-4,9,12,14H,5-8,10,16H2,1H3. The summed E-state index contributed by atoms with van der Waals surface area (Å²) in [6.45, 7) is 0. The van der Waals surface area contributed by atoms with Crippen LogP contribution in [0.2, 0.25) is 0 Å². The molecule has 3 nitrogen and oxygen atoms in total. The second-order valence-electron chi connectivity index (χ2n) is 5.10. The zero-order valence-corrected chi connectivity index (χ0v) is 10.9.